The highest BCUT2D eigenvalue weighted by molar-refractivity contribution is 6.02. The minimum absolute atomic E-state index is 0.319. The molecule has 0 aliphatic rings. The highest BCUT2D eigenvalue weighted by Crippen LogP contribution is 2.08. The minimum atomic E-state index is -0.325. The summed E-state index contributed by atoms with van der Waals surface area (Å²) in [5.41, 5.74) is 5.72. The Morgan fingerprint density at radius 3 is 3.12 bits per heavy atom. The molecule has 0 aliphatic heterocycles. The molecule has 2 rings (SSSR count). The lowest BCUT2D eigenvalue weighted by atomic mass is 10.4. The average Bonchev–Trinajstić information content (AvgIpc) is 2.88. The smallest absolute Gasteiger partial charge is 0.277 e. The zero-order valence-corrected chi connectivity index (χ0v) is 9.38. The van der Waals surface area contributed by atoms with Gasteiger partial charge in [0.1, 0.15) is 11.5 Å². The Hall–Kier alpha value is -2.15. The predicted octanol–water partition coefficient (Wildman–Crippen LogP) is 0.391. The van der Waals surface area contributed by atoms with Crippen molar-refractivity contribution >= 4 is 11.7 Å². The third kappa shape index (κ3) is 2.70. The lowest BCUT2D eigenvalue weighted by molar-refractivity contribution is 0.102. The predicted molar refractivity (Wildman–Crippen MR) is 60.5 cm³/mol. The van der Waals surface area contributed by atoms with Crippen LogP contribution in [0.15, 0.2) is 23.1 Å². The van der Waals surface area contributed by atoms with Crippen LogP contribution in [0, 0.1) is 6.92 Å². The second kappa shape index (κ2) is 4.79. The number of aryl methyl sites for hydroxylation is 1. The van der Waals surface area contributed by atoms with Gasteiger partial charge in [0.05, 0.1) is 6.33 Å². The van der Waals surface area contributed by atoms with E-state index >= 15 is 0 Å². The number of nitrogens with two attached hydrogens (primary N) is 1. The Bertz CT molecular complexity index is 516. The van der Waals surface area contributed by atoms with E-state index < -0.39 is 0 Å². The van der Waals surface area contributed by atoms with E-state index in [4.69, 9.17) is 10.3 Å². The van der Waals surface area contributed by atoms with Gasteiger partial charge in [-0.3, -0.25) is 4.79 Å². The number of nitrogens with zero attached hydrogens (tertiary/aromatic N) is 3. The van der Waals surface area contributed by atoms with Gasteiger partial charge in [0.15, 0.2) is 5.82 Å². The molecule has 0 radical (unpaired) electrons. The molecule has 17 heavy (non-hydrogen) atoms. The van der Waals surface area contributed by atoms with Gasteiger partial charge in [0, 0.05) is 25.4 Å². The molecule has 1 amide bonds. The Morgan fingerprint density at radius 2 is 2.47 bits per heavy atom. The minimum Gasteiger partial charge on any atom is -0.360 e. The number of hydrogen-bond donors (Lipinski definition) is 2. The number of aromatic nitrogens is 3. The van der Waals surface area contributed by atoms with Gasteiger partial charge in [0.25, 0.3) is 5.91 Å². The zero-order chi connectivity index (χ0) is 12.3. The van der Waals surface area contributed by atoms with Crippen molar-refractivity contribution in [1.82, 2.24) is 14.7 Å². The summed E-state index contributed by atoms with van der Waals surface area (Å²) in [6, 6.07) is 1.63. The van der Waals surface area contributed by atoms with Gasteiger partial charge in [-0.05, 0) is 6.92 Å². The molecule has 7 heteroatoms. The quantitative estimate of drug-likeness (QED) is 0.798. The first kappa shape index (κ1) is 11.3. The summed E-state index contributed by atoms with van der Waals surface area (Å²) in [4.78, 5) is 15.7. The summed E-state index contributed by atoms with van der Waals surface area (Å²) in [5, 5.41) is 6.25. The molecule has 0 saturated heterocycles. The summed E-state index contributed by atoms with van der Waals surface area (Å²) in [7, 11) is 0. The standard InChI is InChI=1S/C10H13N5O2/c1-7-4-9(14-17-7)13-10(16)8-5-15(3-2-11)6-12-8/h4-6H,2-3,11H2,1H3,(H,13,14,16). The van der Waals surface area contributed by atoms with E-state index in [1.807, 2.05) is 0 Å². The summed E-state index contributed by atoms with van der Waals surface area (Å²) in [6.45, 7) is 2.88. The van der Waals surface area contributed by atoms with Gasteiger partial charge < -0.3 is 20.1 Å². The van der Waals surface area contributed by atoms with Crippen LogP contribution in [0.5, 0.6) is 0 Å². The molecule has 0 fully saturated rings. The van der Waals surface area contributed by atoms with E-state index in [2.05, 4.69) is 15.5 Å². The van der Waals surface area contributed by atoms with Gasteiger partial charge in [0.2, 0.25) is 0 Å². The van der Waals surface area contributed by atoms with Crippen molar-refractivity contribution in [2.45, 2.75) is 13.5 Å². The van der Waals surface area contributed by atoms with E-state index in [-0.39, 0.29) is 5.91 Å². The first-order valence-corrected chi connectivity index (χ1v) is 5.15. The first-order valence-electron chi connectivity index (χ1n) is 5.15. The van der Waals surface area contributed by atoms with Gasteiger partial charge in [-0.15, -0.1) is 0 Å². The second-order valence-corrected chi connectivity index (χ2v) is 3.56. The molecule has 0 aliphatic carbocycles. The highest BCUT2D eigenvalue weighted by Gasteiger charge is 2.11. The van der Waals surface area contributed by atoms with Crippen molar-refractivity contribution in [1.29, 1.82) is 0 Å². The monoisotopic (exact) mass is 235 g/mol. The molecule has 7 nitrogen and oxygen atoms in total. The van der Waals surface area contributed by atoms with Gasteiger partial charge >= 0.3 is 0 Å². The largest absolute Gasteiger partial charge is 0.360 e. The average molecular weight is 235 g/mol. The maximum atomic E-state index is 11.7. The summed E-state index contributed by atoms with van der Waals surface area (Å²) >= 11 is 0. The SMILES string of the molecule is Cc1cc(NC(=O)c2cn(CCN)cn2)no1. The number of carbonyl (C=O) groups excluding carboxylic acids is 1. The van der Waals surface area contributed by atoms with Crippen LogP contribution in [0.3, 0.4) is 0 Å². The third-order valence-corrected chi connectivity index (χ3v) is 2.12. The van der Waals surface area contributed by atoms with Crippen LogP contribution in [0.25, 0.3) is 0 Å². The van der Waals surface area contributed by atoms with E-state index in [9.17, 15) is 4.79 Å². The van der Waals surface area contributed by atoms with Crippen LogP contribution < -0.4 is 11.1 Å². The van der Waals surface area contributed by atoms with Crippen molar-refractivity contribution in [2.75, 3.05) is 11.9 Å². The van der Waals surface area contributed by atoms with Crippen LogP contribution >= 0.6 is 0 Å². The fraction of sp³-hybridized carbons (Fsp3) is 0.300. The maximum absolute atomic E-state index is 11.7. The van der Waals surface area contributed by atoms with Crippen LogP contribution in [-0.2, 0) is 6.54 Å². The Labute approximate surface area is 97.6 Å². The molecule has 2 heterocycles. The Kier molecular flexibility index (Phi) is 3.20. The molecule has 0 saturated carbocycles. The molecule has 0 atom stereocenters. The zero-order valence-electron chi connectivity index (χ0n) is 9.38. The lowest BCUT2D eigenvalue weighted by Crippen LogP contribution is -2.13. The molecule has 0 aromatic carbocycles. The highest BCUT2D eigenvalue weighted by atomic mass is 16.5. The van der Waals surface area contributed by atoms with Crippen LogP contribution in [-0.4, -0.2) is 27.2 Å². The van der Waals surface area contributed by atoms with Crippen LogP contribution in [0.1, 0.15) is 16.2 Å². The maximum Gasteiger partial charge on any atom is 0.277 e. The fourth-order valence-electron chi connectivity index (χ4n) is 1.35. The number of hydrogen-bond acceptors (Lipinski definition) is 5. The van der Waals surface area contributed by atoms with Gasteiger partial charge in [-0.1, -0.05) is 5.16 Å². The van der Waals surface area contributed by atoms with Gasteiger partial charge in [-0.25, -0.2) is 4.98 Å². The molecule has 2 aromatic heterocycles. The Balaban J connectivity index is 2.03. The van der Waals surface area contributed by atoms with Crippen molar-refractivity contribution in [3.63, 3.8) is 0 Å². The van der Waals surface area contributed by atoms with Crippen molar-refractivity contribution < 1.29 is 9.32 Å². The number of imidazole rings is 1. The number of anilines is 1. The summed E-state index contributed by atoms with van der Waals surface area (Å²) < 4.78 is 6.59. The van der Waals surface area contributed by atoms with Crippen LogP contribution in [0.2, 0.25) is 0 Å². The van der Waals surface area contributed by atoms with E-state index in [1.54, 1.807) is 30.1 Å². The summed E-state index contributed by atoms with van der Waals surface area (Å²) in [5.74, 6) is 0.684. The van der Waals surface area contributed by atoms with Crippen molar-refractivity contribution in [3.05, 3.63) is 30.0 Å². The molecule has 0 bridgehead atoms. The number of nitrogens with one attached hydrogen (secondary N) is 1. The topological polar surface area (TPSA) is 99.0 Å². The third-order valence-electron chi connectivity index (χ3n) is 2.12. The molecule has 0 spiro atoms. The second-order valence-electron chi connectivity index (χ2n) is 3.56. The van der Waals surface area contributed by atoms with E-state index in [1.165, 1.54) is 0 Å². The van der Waals surface area contributed by atoms with E-state index in [0.29, 0.717) is 30.4 Å². The summed E-state index contributed by atoms with van der Waals surface area (Å²) in [6.07, 6.45) is 3.20. The van der Waals surface area contributed by atoms with E-state index in [0.717, 1.165) is 0 Å². The molecular formula is C10H13N5O2. The molecule has 0 unspecified atom stereocenters. The number of carbonyl (C=O) groups is 1. The van der Waals surface area contributed by atoms with Gasteiger partial charge in [-0.2, -0.15) is 0 Å². The van der Waals surface area contributed by atoms with Crippen molar-refractivity contribution in [3.8, 4) is 0 Å². The molecule has 2 aromatic rings. The number of rotatable bonds is 4. The first-order chi connectivity index (χ1) is 8.19. The fourth-order valence-corrected chi connectivity index (χ4v) is 1.35. The normalized spacial score (nSPS) is 10.5. The molecule has 90 valence electrons. The molecular weight excluding hydrogens is 222 g/mol. The number of amides is 1. The Morgan fingerprint density at radius 1 is 1.65 bits per heavy atom. The molecule has 3 N–H and O–H groups in total. The van der Waals surface area contributed by atoms with Crippen molar-refractivity contribution in [2.24, 2.45) is 5.73 Å². The lowest BCUT2D eigenvalue weighted by Gasteiger charge is -1.97. The van der Waals surface area contributed by atoms with Crippen LogP contribution in [0.4, 0.5) is 5.82 Å².